The Hall–Kier alpha value is -2.54. The fraction of sp³-hybridized carbons (Fsp3) is 0.368. The predicted octanol–water partition coefficient (Wildman–Crippen LogP) is 4.35. The quantitative estimate of drug-likeness (QED) is 0.492. The largest absolute Gasteiger partial charge is 0.438 e. The standard InChI is InChI=1S/C19H22N4O2S/c1-4-8-17-22-23-19(26-17)21-16(5-2)25-18(24)14-11-12(3)20-15-10-7-6-9-13(14)15/h6-7,9-11,16H,4-5,8H2,1-3H3,(H,21,23)/t16-/m1/s1. The molecule has 1 N–H and O–H groups in total. The third kappa shape index (κ3) is 4.16. The van der Waals surface area contributed by atoms with E-state index in [-0.39, 0.29) is 5.97 Å². The van der Waals surface area contributed by atoms with Gasteiger partial charge in [0.25, 0.3) is 0 Å². The number of nitrogens with zero attached hydrogens (tertiary/aromatic N) is 3. The van der Waals surface area contributed by atoms with Crippen molar-refractivity contribution in [1.82, 2.24) is 15.2 Å². The number of carbonyl (C=O) groups excluding carboxylic acids is 1. The van der Waals surface area contributed by atoms with Gasteiger partial charge in [-0.25, -0.2) is 4.79 Å². The number of hydrogen-bond acceptors (Lipinski definition) is 7. The van der Waals surface area contributed by atoms with E-state index in [2.05, 4.69) is 27.4 Å². The van der Waals surface area contributed by atoms with E-state index in [0.717, 1.165) is 34.4 Å². The number of esters is 1. The maximum absolute atomic E-state index is 12.8. The monoisotopic (exact) mass is 370 g/mol. The SMILES string of the molecule is CCCc1nnc(N[C@@H](CC)OC(=O)c2cc(C)nc3ccccc23)s1. The van der Waals surface area contributed by atoms with Gasteiger partial charge in [-0.15, -0.1) is 10.2 Å². The van der Waals surface area contributed by atoms with Crippen molar-refractivity contribution in [2.24, 2.45) is 0 Å². The average Bonchev–Trinajstić information content (AvgIpc) is 3.07. The molecule has 0 radical (unpaired) electrons. The zero-order chi connectivity index (χ0) is 18.5. The van der Waals surface area contributed by atoms with Gasteiger partial charge in [0.2, 0.25) is 5.13 Å². The van der Waals surface area contributed by atoms with E-state index in [9.17, 15) is 4.79 Å². The van der Waals surface area contributed by atoms with Gasteiger partial charge in [0.15, 0.2) is 6.23 Å². The summed E-state index contributed by atoms with van der Waals surface area (Å²) < 4.78 is 5.68. The minimum absolute atomic E-state index is 0.371. The van der Waals surface area contributed by atoms with Crippen LogP contribution in [0.5, 0.6) is 0 Å². The number of rotatable bonds is 7. The number of nitrogens with one attached hydrogen (secondary N) is 1. The number of benzene rings is 1. The molecule has 6 nitrogen and oxygen atoms in total. The van der Waals surface area contributed by atoms with Crippen LogP contribution in [0.15, 0.2) is 30.3 Å². The third-order valence-electron chi connectivity index (χ3n) is 3.90. The van der Waals surface area contributed by atoms with E-state index in [1.54, 1.807) is 6.07 Å². The molecule has 0 saturated heterocycles. The Kier molecular flexibility index (Phi) is 5.78. The number of anilines is 1. The van der Waals surface area contributed by atoms with Crippen molar-refractivity contribution in [2.45, 2.75) is 46.3 Å². The van der Waals surface area contributed by atoms with Crippen LogP contribution < -0.4 is 5.32 Å². The molecule has 3 aromatic rings. The van der Waals surface area contributed by atoms with Gasteiger partial charge >= 0.3 is 5.97 Å². The van der Waals surface area contributed by atoms with Crippen LogP contribution in [0.1, 0.15) is 47.7 Å². The fourth-order valence-corrected chi connectivity index (χ4v) is 3.53. The van der Waals surface area contributed by atoms with Gasteiger partial charge in [-0.3, -0.25) is 4.98 Å². The molecular formula is C19H22N4O2S. The third-order valence-corrected chi connectivity index (χ3v) is 4.81. The molecule has 0 saturated carbocycles. The molecule has 0 spiro atoms. The molecule has 0 unspecified atom stereocenters. The normalized spacial score (nSPS) is 12.1. The van der Waals surface area contributed by atoms with Gasteiger partial charge in [0, 0.05) is 23.9 Å². The van der Waals surface area contributed by atoms with E-state index in [1.807, 2.05) is 38.1 Å². The highest BCUT2D eigenvalue weighted by molar-refractivity contribution is 7.15. The number of hydrogen-bond donors (Lipinski definition) is 1. The Morgan fingerprint density at radius 1 is 1.27 bits per heavy atom. The van der Waals surface area contributed by atoms with E-state index in [0.29, 0.717) is 17.1 Å². The summed E-state index contributed by atoms with van der Waals surface area (Å²) in [6.07, 6.45) is 2.08. The number of ether oxygens (including phenoxy) is 1. The summed E-state index contributed by atoms with van der Waals surface area (Å²) in [4.78, 5) is 17.2. The van der Waals surface area contributed by atoms with Crippen molar-refractivity contribution >= 4 is 33.3 Å². The van der Waals surface area contributed by atoms with Crippen LogP contribution in [-0.2, 0) is 11.2 Å². The van der Waals surface area contributed by atoms with Crippen LogP contribution in [-0.4, -0.2) is 27.4 Å². The maximum Gasteiger partial charge on any atom is 0.340 e. The molecule has 2 heterocycles. The van der Waals surface area contributed by atoms with Crippen LogP contribution >= 0.6 is 11.3 Å². The molecule has 0 aliphatic rings. The minimum atomic E-state index is -0.461. The summed E-state index contributed by atoms with van der Waals surface area (Å²) >= 11 is 1.49. The molecule has 1 aromatic carbocycles. The predicted molar refractivity (Wildman–Crippen MR) is 104 cm³/mol. The number of pyridine rings is 1. The number of aromatic nitrogens is 3. The molecule has 136 valence electrons. The lowest BCUT2D eigenvalue weighted by atomic mass is 10.1. The number of aryl methyl sites for hydroxylation is 2. The highest BCUT2D eigenvalue weighted by Crippen LogP contribution is 2.22. The Labute approximate surface area is 156 Å². The Morgan fingerprint density at radius 3 is 2.85 bits per heavy atom. The smallest absolute Gasteiger partial charge is 0.340 e. The van der Waals surface area contributed by atoms with E-state index < -0.39 is 6.23 Å². The first kappa shape index (κ1) is 18.3. The second-order valence-corrected chi connectivity index (χ2v) is 7.09. The zero-order valence-electron chi connectivity index (χ0n) is 15.2. The van der Waals surface area contributed by atoms with Gasteiger partial charge in [-0.1, -0.05) is 43.4 Å². The first-order valence-electron chi connectivity index (χ1n) is 8.77. The fourth-order valence-electron chi connectivity index (χ4n) is 2.65. The summed E-state index contributed by atoms with van der Waals surface area (Å²) in [6.45, 7) is 5.93. The molecule has 7 heteroatoms. The van der Waals surface area contributed by atoms with E-state index in [1.165, 1.54) is 11.3 Å². The van der Waals surface area contributed by atoms with Crippen molar-refractivity contribution in [3.05, 3.63) is 46.6 Å². The van der Waals surface area contributed by atoms with Crippen LogP contribution in [0.3, 0.4) is 0 Å². The lowest BCUT2D eigenvalue weighted by Gasteiger charge is -2.17. The van der Waals surface area contributed by atoms with Gasteiger partial charge in [0.1, 0.15) is 5.01 Å². The second-order valence-electron chi connectivity index (χ2n) is 6.03. The summed E-state index contributed by atoms with van der Waals surface area (Å²) in [7, 11) is 0. The van der Waals surface area contributed by atoms with Crippen molar-refractivity contribution in [3.8, 4) is 0 Å². The summed E-state index contributed by atoms with van der Waals surface area (Å²) in [6, 6.07) is 9.34. The topological polar surface area (TPSA) is 77.0 Å². The van der Waals surface area contributed by atoms with Crippen LogP contribution in [0, 0.1) is 6.92 Å². The second kappa shape index (κ2) is 8.23. The molecule has 26 heavy (non-hydrogen) atoms. The summed E-state index contributed by atoms with van der Waals surface area (Å²) in [5.41, 5.74) is 2.09. The molecule has 2 aromatic heterocycles. The highest BCUT2D eigenvalue weighted by Gasteiger charge is 2.19. The van der Waals surface area contributed by atoms with Crippen LogP contribution in [0.4, 0.5) is 5.13 Å². The van der Waals surface area contributed by atoms with Crippen molar-refractivity contribution in [3.63, 3.8) is 0 Å². The molecule has 3 rings (SSSR count). The highest BCUT2D eigenvalue weighted by atomic mass is 32.1. The molecule has 0 aliphatic heterocycles. The van der Waals surface area contributed by atoms with Crippen molar-refractivity contribution < 1.29 is 9.53 Å². The Morgan fingerprint density at radius 2 is 2.08 bits per heavy atom. The number of carbonyl (C=O) groups is 1. The van der Waals surface area contributed by atoms with Crippen molar-refractivity contribution in [2.75, 3.05) is 5.32 Å². The molecule has 0 bridgehead atoms. The maximum atomic E-state index is 12.8. The van der Waals surface area contributed by atoms with E-state index in [4.69, 9.17) is 4.74 Å². The lowest BCUT2D eigenvalue weighted by Crippen LogP contribution is -2.26. The van der Waals surface area contributed by atoms with E-state index >= 15 is 0 Å². The Balaban J connectivity index is 1.77. The zero-order valence-corrected chi connectivity index (χ0v) is 16.0. The Bertz CT molecular complexity index is 909. The number of para-hydroxylation sites is 1. The summed E-state index contributed by atoms with van der Waals surface area (Å²) in [5, 5.41) is 13.9. The lowest BCUT2D eigenvalue weighted by molar-refractivity contribution is 0.0354. The van der Waals surface area contributed by atoms with Gasteiger partial charge in [0.05, 0.1) is 11.1 Å². The van der Waals surface area contributed by atoms with Gasteiger partial charge < -0.3 is 10.1 Å². The van der Waals surface area contributed by atoms with Crippen LogP contribution in [0.2, 0.25) is 0 Å². The van der Waals surface area contributed by atoms with Crippen LogP contribution in [0.25, 0.3) is 10.9 Å². The summed E-state index contributed by atoms with van der Waals surface area (Å²) in [5.74, 6) is -0.371. The van der Waals surface area contributed by atoms with Crippen molar-refractivity contribution in [1.29, 1.82) is 0 Å². The number of fused-ring (bicyclic) bond motifs is 1. The first-order valence-corrected chi connectivity index (χ1v) is 9.58. The van der Waals surface area contributed by atoms with Gasteiger partial charge in [-0.2, -0.15) is 0 Å². The molecule has 0 amide bonds. The molecule has 1 atom stereocenters. The molecule has 0 aliphatic carbocycles. The van der Waals surface area contributed by atoms with Gasteiger partial charge in [-0.05, 0) is 25.5 Å². The molecular weight excluding hydrogens is 348 g/mol. The first-order chi connectivity index (χ1) is 12.6. The average molecular weight is 370 g/mol. The minimum Gasteiger partial charge on any atom is -0.438 e. The molecule has 0 fully saturated rings.